The molecule has 3 rings (SSSR count). The Hall–Kier alpha value is -1.62. The van der Waals surface area contributed by atoms with Gasteiger partial charge in [-0.25, -0.2) is 4.39 Å². The van der Waals surface area contributed by atoms with Crippen LogP contribution in [-0.4, -0.2) is 43.2 Å². The first kappa shape index (κ1) is 14.3. The van der Waals surface area contributed by atoms with E-state index in [0.29, 0.717) is 24.6 Å². The second-order valence-corrected chi connectivity index (χ2v) is 5.87. The number of hydrogen-bond acceptors (Lipinski definition) is 3. The van der Waals surface area contributed by atoms with Crippen molar-refractivity contribution < 1.29 is 18.7 Å². The molecular weight excluding hydrogens is 273 g/mol. The quantitative estimate of drug-likeness (QED) is 0.841. The fourth-order valence-corrected chi connectivity index (χ4v) is 3.36. The molecule has 1 amide bonds. The molecule has 0 radical (unpaired) electrons. The molecule has 0 aromatic heterocycles. The summed E-state index contributed by atoms with van der Waals surface area (Å²) in [6, 6.07) is 4.26. The molecule has 3 atom stereocenters. The molecular formula is C16H20FNO3. The molecule has 21 heavy (non-hydrogen) atoms. The zero-order chi connectivity index (χ0) is 15.0. The second-order valence-electron chi connectivity index (χ2n) is 5.87. The molecule has 0 unspecified atom stereocenters. The molecule has 2 aliphatic rings. The molecule has 2 saturated heterocycles. The first-order valence-electron chi connectivity index (χ1n) is 7.36. The van der Waals surface area contributed by atoms with Crippen molar-refractivity contribution in [2.45, 2.75) is 32.0 Å². The van der Waals surface area contributed by atoms with Crippen LogP contribution >= 0.6 is 0 Å². The van der Waals surface area contributed by atoms with E-state index in [1.165, 1.54) is 25.3 Å². The largest absolute Gasteiger partial charge is 0.494 e. The van der Waals surface area contributed by atoms with Crippen molar-refractivity contribution in [3.05, 3.63) is 29.6 Å². The van der Waals surface area contributed by atoms with Crippen molar-refractivity contribution >= 4 is 5.91 Å². The lowest BCUT2D eigenvalue weighted by atomic mass is 9.92. The van der Waals surface area contributed by atoms with Gasteiger partial charge < -0.3 is 14.4 Å². The Labute approximate surface area is 123 Å². The lowest BCUT2D eigenvalue weighted by molar-refractivity contribution is 0.00864. The number of piperidine rings is 1. The summed E-state index contributed by atoms with van der Waals surface area (Å²) in [7, 11) is 1.40. The first-order chi connectivity index (χ1) is 10.1. The van der Waals surface area contributed by atoms with E-state index in [0.717, 1.165) is 12.8 Å². The van der Waals surface area contributed by atoms with Gasteiger partial charge in [-0.3, -0.25) is 4.79 Å². The fourth-order valence-electron chi connectivity index (χ4n) is 3.36. The Kier molecular flexibility index (Phi) is 3.85. The van der Waals surface area contributed by atoms with Crippen molar-refractivity contribution in [1.29, 1.82) is 0 Å². The summed E-state index contributed by atoms with van der Waals surface area (Å²) in [4.78, 5) is 14.4. The number of nitrogens with zero attached hydrogens (tertiary/aromatic N) is 1. The van der Waals surface area contributed by atoms with E-state index >= 15 is 0 Å². The van der Waals surface area contributed by atoms with E-state index in [2.05, 4.69) is 6.92 Å². The molecule has 0 N–H and O–H groups in total. The number of methoxy groups -OCH3 is 1. The van der Waals surface area contributed by atoms with E-state index in [-0.39, 0.29) is 23.9 Å². The van der Waals surface area contributed by atoms with Gasteiger partial charge in [-0.1, -0.05) is 0 Å². The number of ether oxygens (including phenoxy) is 2. The van der Waals surface area contributed by atoms with Gasteiger partial charge in [0.05, 0.1) is 19.3 Å². The van der Waals surface area contributed by atoms with Crippen LogP contribution in [0.3, 0.4) is 0 Å². The van der Waals surface area contributed by atoms with Crippen LogP contribution in [0.1, 0.15) is 30.1 Å². The standard InChI is InChI=1S/C16H20FNO3/c1-10-7-12-9-18(6-5-14(12)21-10)16(19)11-3-4-13(17)15(8-11)20-2/h3-4,8,10,12,14H,5-7,9H2,1-2H3/t10-,12-,14+/m0/s1. The van der Waals surface area contributed by atoms with Crippen molar-refractivity contribution in [3.8, 4) is 5.75 Å². The van der Waals surface area contributed by atoms with Gasteiger partial charge in [-0.15, -0.1) is 0 Å². The van der Waals surface area contributed by atoms with Crippen LogP contribution in [-0.2, 0) is 4.74 Å². The Morgan fingerprint density at radius 3 is 3.05 bits per heavy atom. The number of hydrogen-bond donors (Lipinski definition) is 0. The number of halogens is 1. The van der Waals surface area contributed by atoms with Crippen LogP contribution < -0.4 is 4.74 Å². The van der Waals surface area contributed by atoms with Crippen LogP contribution in [0.4, 0.5) is 4.39 Å². The third kappa shape index (κ3) is 2.75. The number of benzene rings is 1. The first-order valence-corrected chi connectivity index (χ1v) is 7.36. The highest BCUT2D eigenvalue weighted by molar-refractivity contribution is 5.94. The molecule has 5 heteroatoms. The van der Waals surface area contributed by atoms with Crippen LogP contribution in [0.25, 0.3) is 0 Å². The third-order valence-corrected chi connectivity index (χ3v) is 4.39. The van der Waals surface area contributed by atoms with Gasteiger partial charge in [-0.2, -0.15) is 0 Å². The molecule has 114 valence electrons. The van der Waals surface area contributed by atoms with Gasteiger partial charge in [0.25, 0.3) is 5.91 Å². The van der Waals surface area contributed by atoms with E-state index in [9.17, 15) is 9.18 Å². The maximum absolute atomic E-state index is 13.4. The van der Waals surface area contributed by atoms with Crippen LogP contribution in [0.15, 0.2) is 18.2 Å². The van der Waals surface area contributed by atoms with Gasteiger partial charge in [0, 0.05) is 24.6 Å². The highest BCUT2D eigenvalue weighted by Gasteiger charge is 2.38. The van der Waals surface area contributed by atoms with Crippen LogP contribution in [0.2, 0.25) is 0 Å². The molecule has 0 bridgehead atoms. The smallest absolute Gasteiger partial charge is 0.254 e. The Morgan fingerprint density at radius 1 is 1.48 bits per heavy atom. The molecule has 0 aliphatic carbocycles. The molecule has 0 spiro atoms. The minimum absolute atomic E-state index is 0.0636. The number of likely N-dealkylation sites (tertiary alicyclic amines) is 1. The minimum Gasteiger partial charge on any atom is -0.494 e. The number of fused-ring (bicyclic) bond motifs is 1. The molecule has 1 aromatic carbocycles. The summed E-state index contributed by atoms with van der Waals surface area (Å²) < 4.78 is 24.2. The van der Waals surface area contributed by atoms with Crippen LogP contribution in [0, 0.1) is 11.7 Å². The van der Waals surface area contributed by atoms with E-state index < -0.39 is 5.82 Å². The predicted molar refractivity (Wildman–Crippen MR) is 75.9 cm³/mol. The topological polar surface area (TPSA) is 38.8 Å². The monoisotopic (exact) mass is 293 g/mol. The molecule has 1 aromatic rings. The maximum atomic E-state index is 13.4. The number of rotatable bonds is 2. The van der Waals surface area contributed by atoms with Gasteiger partial charge >= 0.3 is 0 Å². The fraction of sp³-hybridized carbons (Fsp3) is 0.562. The SMILES string of the molecule is COc1cc(C(=O)N2CC[C@H]3O[C@@H](C)C[C@H]3C2)ccc1F. The average molecular weight is 293 g/mol. The molecule has 2 heterocycles. The zero-order valence-electron chi connectivity index (χ0n) is 12.3. The summed E-state index contributed by atoms with van der Waals surface area (Å²) in [5, 5.41) is 0. The van der Waals surface area contributed by atoms with Crippen molar-refractivity contribution in [3.63, 3.8) is 0 Å². The normalized spacial score (nSPS) is 28.3. The van der Waals surface area contributed by atoms with Crippen molar-refractivity contribution in [1.82, 2.24) is 4.90 Å². The number of carbonyl (C=O) groups is 1. The highest BCUT2D eigenvalue weighted by atomic mass is 19.1. The molecule has 4 nitrogen and oxygen atoms in total. The second kappa shape index (κ2) is 5.64. The van der Waals surface area contributed by atoms with Crippen molar-refractivity contribution in [2.24, 2.45) is 5.92 Å². The third-order valence-electron chi connectivity index (χ3n) is 4.39. The summed E-state index contributed by atoms with van der Waals surface area (Å²) in [6.07, 6.45) is 2.44. The van der Waals surface area contributed by atoms with Gasteiger partial charge in [0.2, 0.25) is 0 Å². The summed E-state index contributed by atoms with van der Waals surface area (Å²) in [5.74, 6) is 0.00526. The van der Waals surface area contributed by atoms with Crippen LogP contribution in [0.5, 0.6) is 5.75 Å². The highest BCUT2D eigenvalue weighted by Crippen LogP contribution is 2.33. The van der Waals surface area contributed by atoms with E-state index in [4.69, 9.17) is 9.47 Å². The van der Waals surface area contributed by atoms with Crippen molar-refractivity contribution in [2.75, 3.05) is 20.2 Å². The zero-order valence-corrected chi connectivity index (χ0v) is 12.3. The Bertz CT molecular complexity index is 548. The van der Waals surface area contributed by atoms with E-state index in [1.54, 1.807) is 0 Å². The number of carbonyl (C=O) groups excluding carboxylic acids is 1. The maximum Gasteiger partial charge on any atom is 0.254 e. The predicted octanol–water partition coefficient (Wildman–Crippen LogP) is 2.47. The van der Waals surface area contributed by atoms with Gasteiger partial charge in [0.15, 0.2) is 11.6 Å². The summed E-state index contributed by atoms with van der Waals surface area (Å²) >= 11 is 0. The van der Waals surface area contributed by atoms with Gasteiger partial charge in [-0.05, 0) is 38.0 Å². The average Bonchev–Trinajstić information content (AvgIpc) is 2.86. The van der Waals surface area contributed by atoms with E-state index in [1.807, 2.05) is 4.90 Å². The van der Waals surface area contributed by atoms with Gasteiger partial charge in [0.1, 0.15) is 0 Å². The lowest BCUT2D eigenvalue weighted by Gasteiger charge is -2.34. The Morgan fingerprint density at radius 2 is 2.29 bits per heavy atom. The minimum atomic E-state index is -0.453. The summed E-state index contributed by atoms with van der Waals surface area (Å²) in [6.45, 7) is 3.48. The molecule has 0 saturated carbocycles. The summed E-state index contributed by atoms with van der Waals surface area (Å²) in [5.41, 5.74) is 0.471. The Balaban J connectivity index is 1.74. The number of amides is 1. The molecule has 2 aliphatic heterocycles. The molecule has 2 fully saturated rings. The lowest BCUT2D eigenvalue weighted by Crippen LogP contribution is -2.44.